The number of rotatable bonds is 8. The zero-order valence-corrected chi connectivity index (χ0v) is 24.2. The van der Waals surface area contributed by atoms with Crippen molar-refractivity contribution in [2.24, 2.45) is 0 Å². The quantitative estimate of drug-likeness (QED) is 0.216. The predicted molar refractivity (Wildman–Crippen MR) is 165 cm³/mol. The molecule has 0 radical (unpaired) electrons. The molecular formula is C33H29N5O3S. The van der Waals surface area contributed by atoms with Gasteiger partial charge < -0.3 is 9.47 Å². The number of ether oxygens (including phenoxy) is 2. The largest absolute Gasteiger partial charge is 0.494 e. The molecule has 210 valence electrons. The van der Waals surface area contributed by atoms with Crippen molar-refractivity contribution < 1.29 is 9.47 Å². The molecule has 0 aliphatic carbocycles. The second-order valence-electron chi connectivity index (χ2n) is 10.4. The first kappa shape index (κ1) is 26.2. The fourth-order valence-corrected chi connectivity index (χ4v) is 6.03. The van der Waals surface area contributed by atoms with Gasteiger partial charge in [0.25, 0.3) is 5.56 Å². The maximum absolute atomic E-state index is 13.5. The Morgan fingerprint density at radius 1 is 1.05 bits per heavy atom. The highest BCUT2D eigenvalue weighted by Crippen LogP contribution is 2.34. The Balaban J connectivity index is 1.26. The minimum atomic E-state index is -0.206. The van der Waals surface area contributed by atoms with Crippen LogP contribution in [0.2, 0.25) is 0 Å². The molecule has 3 aromatic heterocycles. The number of para-hydroxylation sites is 1. The van der Waals surface area contributed by atoms with Gasteiger partial charge in [-0.1, -0.05) is 42.9 Å². The monoisotopic (exact) mass is 575 g/mol. The lowest BCUT2D eigenvalue weighted by molar-refractivity contribution is 0.254. The van der Waals surface area contributed by atoms with Crippen molar-refractivity contribution in [2.45, 2.75) is 39.2 Å². The molecule has 0 bridgehead atoms. The van der Waals surface area contributed by atoms with Gasteiger partial charge in [0.05, 0.1) is 16.8 Å². The highest BCUT2D eigenvalue weighted by atomic mass is 32.1. The number of fused-ring (bicyclic) bond motifs is 2. The number of unbranched alkanes of at least 4 members (excludes halogenated alkanes) is 1. The van der Waals surface area contributed by atoms with Crippen molar-refractivity contribution in [3.8, 4) is 39.8 Å². The summed E-state index contributed by atoms with van der Waals surface area (Å²) in [4.78, 5) is 18.7. The molecule has 0 fully saturated rings. The molecule has 7 rings (SSSR count). The molecule has 0 N–H and O–H groups in total. The third kappa shape index (κ3) is 4.96. The summed E-state index contributed by atoms with van der Waals surface area (Å²) in [5.74, 6) is 2.24. The number of aromatic nitrogens is 5. The van der Waals surface area contributed by atoms with E-state index in [2.05, 4.69) is 30.0 Å². The van der Waals surface area contributed by atoms with Gasteiger partial charge in [-0.25, -0.2) is 4.68 Å². The van der Waals surface area contributed by atoms with Crippen LogP contribution < -0.4 is 19.6 Å². The smallest absolute Gasteiger partial charge is 0.291 e. The minimum Gasteiger partial charge on any atom is -0.494 e. The Labute approximate surface area is 246 Å². The lowest BCUT2D eigenvalue weighted by atomic mass is 10.0. The van der Waals surface area contributed by atoms with Crippen molar-refractivity contribution in [3.63, 3.8) is 0 Å². The second-order valence-corrected chi connectivity index (χ2v) is 11.4. The summed E-state index contributed by atoms with van der Waals surface area (Å²) in [6, 6.07) is 23.8. The molecule has 4 heterocycles. The van der Waals surface area contributed by atoms with Gasteiger partial charge in [0, 0.05) is 29.3 Å². The van der Waals surface area contributed by atoms with Crippen molar-refractivity contribution in [3.05, 3.63) is 105 Å². The molecule has 0 amide bonds. The van der Waals surface area contributed by atoms with E-state index in [1.807, 2.05) is 83.7 Å². The van der Waals surface area contributed by atoms with Crippen LogP contribution >= 0.6 is 11.3 Å². The Morgan fingerprint density at radius 3 is 2.64 bits per heavy atom. The average molecular weight is 576 g/mol. The van der Waals surface area contributed by atoms with E-state index in [1.165, 1.54) is 15.9 Å². The van der Waals surface area contributed by atoms with Gasteiger partial charge >= 0.3 is 0 Å². The molecule has 42 heavy (non-hydrogen) atoms. The van der Waals surface area contributed by atoms with Gasteiger partial charge in [0.1, 0.15) is 23.3 Å². The van der Waals surface area contributed by atoms with Crippen LogP contribution in [0.25, 0.3) is 39.4 Å². The van der Waals surface area contributed by atoms with E-state index in [0.717, 1.165) is 64.4 Å². The second kappa shape index (κ2) is 10.9. The topological polar surface area (TPSA) is 83.5 Å². The first-order valence-electron chi connectivity index (χ1n) is 14.2. The van der Waals surface area contributed by atoms with Crippen LogP contribution in [0.4, 0.5) is 0 Å². The molecule has 6 aromatic rings. The first-order valence-corrected chi connectivity index (χ1v) is 15.0. The summed E-state index contributed by atoms with van der Waals surface area (Å²) in [5, 5.41) is 9.48. The molecule has 8 nitrogen and oxygen atoms in total. The van der Waals surface area contributed by atoms with Gasteiger partial charge in [-0.05, 0) is 79.6 Å². The van der Waals surface area contributed by atoms with Crippen LogP contribution in [0.5, 0.6) is 11.5 Å². The SMILES string of the molecule is CCCCOc1ccc(-c2nc3sc(=Cc4cn(-c5ccccc5)nc4-c4ccc5c(c4)CC(C)O5)c(=O)n3n2)cc1. The molecule has 0 saturated heterocycles. The number of nitrogens with zero attached hydrogens (tertiary/aromatic N) is 5. The van der Waals surface area contributed by atoms with Crippen molar-refractivity contribution in [2.75, 3.05) is 6.61 Å². The number of hydrogen-bond acceptors (Lipinski definition) is 7. The van der Waals surface area contributed by atoms with E-state index in [1.54, 1.807) is 0 Å². The summed E-state index contributed by atoms with van der Waals surface area (Å²) < 4.78 is 15.4. The van der Waals surface area contributed by atoms with Crippen LogP contribution in [0.1, 0.15) is 37.8 Å². The molecule has 1 aliphatic heterocycles. The van der Waals surface area contributed by atoms with E-state index in [-0.39, 0.29) is 11.7 Å². The third-order valence-corrected chi connectivity index (χ3v) is 8.24. The summed E-state index contributed by atoms with van der Waals surface area (Å²) in [6.45, 7) is 4.90. The minimum absolute atomic E-state index is 0.156. The van der Waals surface area contributed by atoms with E-state index in [0.29, 0.717) is 21.9 Å². The van der Waals surface area contributed by atoms with Crippen LogP contribution in [-0.2, 0) is 6.42 Å². The Morgan fingerprint density at radius 2 is 1.86 bits per heavy atom. The molecule has 3 aromatic carbocycles. The Hall–Kier alpha value is -4.76. The third-order valence-electron chi connectivity index (χ3n) is 7.28. The van der Waals surface area contributed by atoms with Gasteiger partial charge in [-0.15, -0.1) is 5.10 Å². The molecule has 9 heteroatoms. The highest BCUT2D eigenvalue weighted by molar-refractivity contribution is 7.15. The molecule has 0 saturated carbocycles. The first-order chi connectivity index (χ1) is 20.6. The number of thiazole rings is 1. The van der Waals surface area contributed by atoms with Crippen molar-refractivity contribution in [1.82, 2.24) is 24.4 Å². The van der Waals surface area contributed by atoms with E-state index in [4.69, 9.17) is 14.6 Å². The maximum Gasteiger partial charge on any atom is 0.291 e. The average Bonchev–Trinajstić information content (AvgIpc) is 3.77. The summed E-state index contributed by atoms with van der Waals surface area (Å²) >= 11 is 1.32. The van der Waals surface area contributed by atoms with Crippen LogP contribution in [-0.4, -0.2) is 37.1 Å². The van der Waals surface area contributed by atoms with Gasteiger partial charge in [0.2, 0.25) is 4.96 Å². The maximum atomic E-state index is 13.5. The summed E-state index contributed by atoms with van der Waals surface area (Å²) in [6.07, 6.45) is 6.97. The van der Waals surface area contributed by atoms with Crippen LogP contribution in [0, 0.1) is 0 Å². The fourth-order valence-electron chi connectivity index (χ4n) is 5.13. The van der Waals surface area contributed by atoms with Crippen LogP contribution in [0.3, 0.4) is 0 Å². The fraction of sp³-hybridized carbons (Fsp3) is 0.212. The van der Waals surface area contributed by atoms with Crippen LogP contribution in [0.15, 0.2) is 83.8 Å². The lowest BCUT2D eigenvalue weighted by Crippen LogP contribution is -2.23. The van der Waals surface area contributed by atoms with E-state index >= 15 is 0 Å². The van der Waals surface area contributed by atoms with Gasteiger partial charge in [-0.2, -0.15) is 14.6 Å². The summed E-state index contributed by atoms with van der Waals surface area (Å²) in [5.41, 5.74) is 5.34. The lowest BCUT2D eigenvalue weighted by Gasteiger charge is -2.05. The van der Waals surface area contributed by atoms with Gasteiger partial charge in [0.15, 0.2) is 5.82 Å². The molecule has 1 unspecified atom stereocenters. The molecule has 0 spiro atoms. The van der Waals surface area contributed by atoms with Crippen molar-refractivity contribution in [1.29, 1.82) is 0 Å². The molecule has 1 aliphatic rings. The molecule has 1 atom stereocenters. The molecular weight excluding hydrogens is 546 g/mol. The normalized spacial score (nSPS) is 14.8. The highest BCUT2D eigenvalue weighted by Gasteiger charge is 2.21. The Bertz CT molecular complexity index is 1990. The standard InChI is InChI=1S/C33H29N5O3S/c1-3-4-16-40-27-13-10-22(11-14-27)31-34-33-38(36-31)32(39)29(42-33)19-25-20-37(26-8-6-5-7-9-26)35-30(25)23-12-15-28-24(18-23)17-21(2)41-28/h5-15,18-21H,3-4,16-17H2,1-2H3. The number of hydrogen-bond donors (Lipinski definition) is 0. The zero-order valence-electron chi connectivity index (χ0n) is 23.4. The van der Waals surface area contributed by atoms with Gasteiger partial charge in [-0.3, -0.25) is 4.79 Å². The van der Waals surface area contributed by atoms with Crippen molar-refractivity contribution >= 4 is 22.4 Å². The predicted octanol–water partition coefficient (Wildman–Crippen LogP) is 5.72. The Kier molecular flexibility index (Phi) is 6.79. The number of benzene rings is 3. The summed E-state index contributed by atoms with van der Waals surface area (Å²) in [7, 11) is 0. The zero-order chi connectivity index (χ0) is 28.6. The van der Waals surface area contributed by atoms with E-state index < -0.39 is 0 Å². The van der Waals surface area contributed by atoms with E-state index in [9.17, 15) is 4.79 Å².